The minimum atomic E-state index is -0.0227. The second-order valence-corrected chi connectivity index (χ2v) is 9.95. The molecule has 1 aliphatic heterocycles. The van der Waals surface area contributed by atoms with Crippen LogP contribution in [0.4, 0.5) is 0 Å². The van der Waals surface area contributed by atoms with Crippen LogP contribution < -0.4 is 0 Å². The summed E-state index contributed by atoms with van der Waals surface area (Å²) >= 11 is 7.14. The third-order valence-electron chi connectivity index (χ3n) is 5.78. The van der Waals surface area contributed by atoms with E-state index in [0.717, 1.165) is 38.0 Å². The number of carbonyl (C=O) groups is 2. The van der Waals surface area contributed by atoms with E-state index in [4.69, 9.17) is 16.1 Å². The molecule has 0 radical (unpaired) electrons. The zero-order valence-corrected chi connectivity index (χ0v) is 20.2. The third-order valence-corrected chi connectivity index (χ3v) is 7.05. The van der Waals surface area contributed by atoms with Crippen LogP contribution in [0.25, 0.3) is 11.4 Å². The van der Waals surface area contributed by atoms with Crippen molar-refractivity contribution in [1.82, 2.24) is 19.9 Å². The molecule has 1 saturated heterocycles. The van der Waals surface area contributed by atoms with Gasteiger partial charge >= 0.3 is 0 Å². The maximum absolute atomic E-state index is 12.5. The monoisotopic (exact) mass is 486 g/mol. The summed E-state index contributed by atoms with van der Waals surface area (Å²) in [5.74, 6) is 1.29. The lowest BCUT2D eigenvalue weighted by molar-refractivity contribution is -0.132. The van der Waals surface area contributed by atoms with Crippen LogP contribution in [0, 0.1) is 6.92 Å². The Morgan fingerprint density at radius 3 is 2.52 bits per heavy atom. The summed E-state index contributed by atoms with van der Waals surface area (Å²) in [6, 6.07) is 11.5. The van der Waals surface area contributed by atoms with Gasteiger partial charge in [0.05, 0.1) is 9.21 Å². The van der Waals surface area contributed by atoms with Crippen molar-refractivity contribution in [3.8, 4) is 11.4 Å². The van der Waals surface area contributed by atoms with E-state index in [0.29, 0.717) is 34.0 Å². The van der Waals surface area contributed by atoms with Crippen molar-refractivity contribution in [2.24, 2.45) is 0 Å². The summed E-state index contributed by atoms with van der Waals surface area (Å²) in [7, 11) is 0. The first-order chi connectivity index (χ1) is 16.0. The Hall–Kier alpha value is -2.55. The average Bonchev–Trinajstić information content (AvgIpc) is 3.47. The summed E-state index contributed by atoms with van der Waals surface area (Å²) < 4.78 is 5.99. The highest BCUT2D eigenvalue weighted by atomic mass is 35.5. The van der Waals surface area contributed by atoms with E-state index in [1.54, 1.807) is 12.1 Å². The fourth-order valence-corrected chi connectivity index (χ4v) is 4.83. The van der Waals surface area contributed by atoms with E-state index in [-0.39, 0.29) is 24.5 Å². The molecule has 0 N–H and O–H groups in total. The number of benzene rings is 1. The number of rotatable bonds is 9. The minimum Gasteiger partial charge on any atom is -0.340 e. The standard InChI is InChI=1S/C24H27ClN4O3S/c1-17-4-6-18(7-5-17)24-26-22(32-27-24)3-2-12-28-13-15-29(16-14-28)23(31)11-8-19(30)20-9-10-21(25)33-20/h4-7,9-10H,2-3,8,11-16H2,1H3. The molecule has 0 atom stereocenters. The lowest BCUT2D eigenvalue weighted by atomic mass is 10.1. The van der Waals surface area contributed by atoms with Gasteiger partial charge in [-0.2, -0.15) is 4.98 Å². The van der Waals surface area contributed by atoms with Gasteiger partial charge in [-0.15, -0.1) is 11.3 Å². The van der Waals surface area contributed by atoms with Crippen LogP contribution in [0.2, 0.25) is 4.34 Å². The first-order valence-electron chi connectivity index (χ1n) is 11.2. The van der Waals surface area contributed by atoms with Gasteiger partial charge in [0.1, 0.15) is 0 Å². The Labute approximate surface area is 202 Å². The lowest BCUT2D eigenvalue weighted by Gasteiger charge is -2.34. The summed E-state index contributed by atoms with van der Waals surface area (Å²) in [4.78, 5) is 34.0. The average molecular weight is 487 g/mol. The number of piperazine rings is 1. The van der Waals surface area contributed by atoms with Gasteiger partial charge in [0.25, 0.3) is 0 Å². The van der Waals surface area contributed by atoms with Gasteiger partial charge in [0.2, 0.25) is 17.6 Å². The normalized spacial score (nSPS) is 14.5. The molecule has 1 fully saturated rings. The molecule has 0 unspecified atom stereocenters. The molecule has 1 aliphatic rings. The highest BCUT2D eigenvalue weighted by Gasteiger charge is 2.22. The Morgan fingerprint density at radius 2 is 1.82 bits per heavy atom. The molecule has 9 heteroatoms. The molecule has 3 aromatic rings. The van der Waals surface area contributed by atoms with Gasteiger partial charge in [-0.1, -0.05) is 46.6 Å². The molecule has 3 heterocycles. The molecule has 174 valence electrons. The zero-order chi connectivity index (χ0) is 23.2. The topological polar surface area (TPSA) is 79.5 Å². The van der Waals surface area contributed by atoms with Crippen LogP contribution in [0.3, 0.4) is 0 Å². The number of ketones is 1. The summed E-state index contributed by atoms with van der Waals surface area (Å²) in [6.07, 6.45) is 2.12. The van der Waals surface area contributed by atoms with Gasteiger partial charge < -0.3 is 9.42 Å². The molecule has 0 spiro atoms. The number of hydrogen-bond donors (Lipinski definition) is 0. The van der Waals surface area contributed by atoms with Crippen molar-refractivity contribution in [3.63, 3.8) is 0 Å². The number of amides is 1. The first-order valence-corrected chi connectivity index (χ1v) is 12.4. The summed E-state index contributed by atoms with van der Waals surface area (Å²) in [6.45, 7) is 6.01. The van der Waals surface area contributed by atoms with Gasteiger partial charge in [-0.05, 0) is 32.0 Å². The molecular formula is C24H27ClN4O3S. The quantitative estimate of drug-likeness (QED) is 0.414. The molecule has 2 aromatic heterocycles. The second-order valence-electron chi connectivity index (χ2n) is 8.23. The number of halogens is 1. The van der Waals surface area contributed by atoms with Crippen LogP contribution in [0.5, 0.6) is 0 Å². The van der Waals surface area contributed by atoms with Crippen LogP contribution >= 0.6 is 22.9 Å². The van der Waals surface area contributed by atoms with Crippen LogP contribution in [-0.4, -0.2) is 64.4 Å². The molecule has 33 heavy (non-hydrogen) atoms. The predicted octanol–water partition coefficient (Wildman–Crippen LogP) is 4.50. The highest BCUT2D eigenvalue weighted by molar-refractivity contribution is 7.18. The number of aromatic nitrogens is 2. The number of carbonyl (C=O) groups excluding carboxylic acids is 2. The van der Waals surface area contributed by atoms with Gasteiger partial charge in [-0.3, -0.25) is 14.5 Å². The van der Waals surface area contributed by atoms with Gasteiger partial charge in [0.15, 0.2) is 5.78 Å². The van der Waals surface area contributed by atoms with Crippen LogP contribution in [-0.2, 0) is 11.2 Å². The lowest BCUT2D eigenvalue weighted by Crippen LogP contribution is -2.48. The van der Waals surface area contributed by atoms with Crippen LogP contribution in [0.1, 0.15) is 40.4 Å². The molecule has 7 nitrogen and oxygen atoms in total. The van der Waals surface area contributed by atoms with Crippen molar-refractivity contribution < 1.29 is 14.1 Å². The Bertz CT molecular complexity index is 1090. The van der Waals surface area contributed by atoms with E-state index in [9.17, 15) is 9.59 Å². The SMILES string of the molecule is Cc1ccc(-c2noc(CCCN3CCN(C(=O)CCC(=O)c4ccc(Cl)s4)CC3)n2)cc1. The molecule has 0 bridgehead atoms. The second kappa shape index (κ2) is 11.0. The minimum absolute atomic E-state index is 0.0227. The number of aryl methyl sites for hydroxylation is 2. The molecule has 0 aliphatic carbocycles. The van der Waals surface area contributed by atoms with E-state index < -0.39 is 0 Å². The molecular weight excluding hydrogens is 460 g/mol. The van der Waals surface area contributed by atoms with E-state index in [1.165, 1.54) is 16.9 Å². The number of hydrogen-bond acceptors (Lipinski definition) is 7. The van der Waals surface area contributed by atoms with Gasteiger partial charge in [0, 0.05) is 51.0 Å². The maximum Gasteiger partial charge on any atom is 0.227 e. The predicted molar refractivity (Wildman–Crippen MR) is 129 cm³/mol. The van der Waals surface area contributed by atoms with E-state index in [2.05, 4.69) is 15.0 Å². The molecule has 1 aromatic carbocycles. The van der Waals surface area contributed by atoms with Crippen molar-refractivity contribution >= 4 is 34.6 Å². The Kier molecular flexibility index (Phi) is 7.90. The molecule has 1 amide bonds. The molecule has 0 saturated carbocycles. The highest BCUT2D eigenvalue weighted by Crippen LogP contribution is 2.23. The molecule has 4 rings (SSSR count). The zero-order valence-electron chi connectivity index (χ0n) is 18.6. The maximum atomic E-state index is 12.5. The van der Waals surface area contributed by atoms with Crippen molar-refractivity contribution in [3.05, 3.63) is 57.1 Å². The van der Waals surface area contributed by atoms with Crippen molar-refractivity contribution in [1.29, 1.82) is 0 Å². The number of nitrogens with zero attached hydrogens (tertiary/aromatic N) is 4. The largest absolute Gasteiger partial charge is 0.340 e. The fraction of sp³-hybridized carbons (Fsp3) is 0.417. The Morgan fingerprint density at radius 1 is 1.06 bits per heavy atom. The summed E-state index contributed by atoms with van der Waals surface area (Å²) in [5, 5.41) is 4.09. The third kappa shape index (κ3) is 6.50. The number of Topliss-reactive ketones (excluding diaryl/α,β-unsaturated/α-hetero) is 1. The van der Waals surface area contributed by atoms with Crippen molar-refractivity contribution in [2.75, 3.05) is 32.7 Å². The van der Waals surface area contributed by atoms with Crippen LogP contribution in [0.15, 0.2) is 40.9 Å². The van der Waals surface area contributed by atoms with E-state index >= 15 is 0 Å². The van der Waals surface area contributed by atoms with Gasteiger partial charge in [-0.25, -0.2) is 0 Å². The fourth-order valence-electron chi connectivity index (χ4n) is 3.82. The summed E-state index contributed by atoms with van der Waals surface area (Å²) in [5.41, 5.74) is 2.15. The first kappa shape index (κ1) is 23.6. The Balaban J connectivity index is 1.14. The number of thiophene rings is 1. The van der Waals surface area contributed by atoms with E-state index in [1.807, 2.05) is 36.1 Å². The smallest absolute Gasteiger partial charge is 0.227 e. The van der Waals surface area contributed by atoms with Crippen molar-refractivity contribution in [2.45, 2.75) is 32.6 Å².